The Balaban J connectivity index is 1.76. The first-order chi connectivity index (χ1) is 9.69. The number of likely N-dealkylation sites (tertiary alicyclic amines) is 1. The molecule has 0 aliphatic carbocycles. The third kappa shape index (κ3) is 4.50. The summed E-state index contributed by atoms with van der Waals surface area (Å²) in [6.45, 7) is 9.22. The quantitative estimate of drug-likeness (QED) is 0.868. The Morgan fingerprint density at radius 3 is 3.00 bits per heavy atom. The topological polar surface area (TPSA) is 38.5 Å². The van der Waals surface area contributed by atoms with Gasteiger partial charge in [0.1, 0.15) is 12.4 Å². The molecule has 0 saturated carbocycles. The Hall–Kier alpha value is -1.06. The van der Waals surface area contributed by atoms with Crippen LogP contribution in [0.3, 0.4) is 0 Å². The molecule has 1 saturated heterocycles. The average molecular weight is 276 g/mol. The van der Waals surface area contributed by atoms with Crippen molar-refractivity contribution in [3.05, 3.63) is 29.3 Å². The van der Waals surface area contributed by atoms with Gasteiger partial charge in [0.15, 0.2) is 0 Å². The highest BCUT2D eigenvalue weighted by molar-refractivity contribution is 5.35. The average Bonchev–Trinajstić information content (AvgIpc) is 2.43. The molecule has 1 atom stereocenters. The highest BCUT2D eigenvalue weighted by Gasteiger charge is 2.18. The van der Waals surface area contributed by atoms with Crippen LogP contribution in [-0.2, 0) is 0 Å². The van der Waals surface area contributed by atoms with Crippen molar-refractivity contribution in [2.24, 2.45) is 11.7 Å². The molecule has 3 nitrogen and oxygen atoms in total. The number of nitrogens with zero attached hydrogens (tertiary/aromatic N) is 1. The molecule has 0 amide bonds. The second kappa shape index (κ2) is 7.65. The molecule has 1 aromatic carbocycles. The molecule has 0 aromatic heterocycles. The maximum absolute atomic E-state index is 5.95. The van der Waals surface area contributed by atoms with Crippen LogP contribution in [0.4, 0.5) is 0 Å². The lowest BCUT2D eigenvalue weighted by Gasteiger charge is -2.32. The summed E-state index contributed by atoms with van der Waals surface area (Å²) in [5.74, 6) is 1.81. The first-order valence-corrected chi connectivity index (χ1v) is 7.81. The molecule has 2 rings (SSSR count). The molecule has 20 heavy (non-hydrogen) atoms. The highest BCUT2D eigenvalue weighted by atomic mass is 16.5. The van der Waals surface area contributed by atoms with Gasteiger partial charge in [-0.3, -0.25) is 4.90 Å². The molecule has 3 heteroatoms. The standard InChI is InChI=1S/C17H28N2O/c1-14-5-6-15(2)17(12-14)20-11-10-19-9-3-4-16(13-19)7-8-18/h5-6,12,16H,3-4,7-11,13,18H2,1-2H3. The first-order valence-electron chi connectivity index (χ1n) is 7.81. The summed E-state index contributed by atoms with van der Waals surface area (Å²) in [4.78, 5) is 2.52. The summed E-state index contributed by atoms with van der Waals surface area (Å²) in [7, 11) is 0. The third-order valence-electron chi connectivity index (χ3n) is 4.19. The van der Waals surface area contributed by atoms with Crippen molar-refractivity contribution in [2.45, 2.75) is 33.1 Å². The Morgan fingerprint density at radius 2 is 2.20 bits per heavy atom. The van der Waals surface area contributed by atoms with Crippen molar-refractivity contribution in [3.8, 4) is 5.75 Å². The van der Waals surface area contributed by atoms with Crippen LogP contribution in [0.2, 0.25) is 0 Å². The fourth-order valence-electron chi connectivity index (χ4n) is 2.97. The highest BCUT2D eigenvalue weighted by Crippen LogP contribution is 2.20. The van der Waals surface area contributed by atoms with Crippen LogP contribution in [0.5, 0.6) is 5.75 Å². The lowest BCUT2D eigenvalue weighted by atomic mass is 9.95. The number of benzene rings is 1. The van der Waals surface area contributed by atoms with E-state index in [2.05, 4.69) is 36.9 Å². The minimum Gasteiger partial charge on any atom is -0.492 e. The predicted molar refractivity (Wildman–Crippen MR) is 84.2 cm³/mol. The van der Waals surface area contributed by atoms with Gasteiger partial charge in [-0.15, -0.1) is 0 Å². The third-order valence-corrected chi connectivity index (χ3v) is 4.19. The number of aryl methyl sites for hydroxylation is 2. The minimum absolute atomic E-state index is 0.777. The van der Waals surface area contributed by atoms with Crippen molar-refractivity contribution in [3.63, 3.8) is 0 Å². The van der Waals surface area contributed by atoms with Crippen molar-refractivity contribution in [1.29, 1.82) is 0 Å². The van der Waals surface area contributed by atoms with Gasteiger partial charge < -0.3 is 10.5 Å². The van der Waals surface area contributed by atoms with E-state index < -0.39 is 0 Å². The zero-order valence-corrected chi connectivity index (χ0v) is 12.9. The van der Waals surface area contributed by atoms with E-state index in [4.69, 9.17) is 10.5 Å². The molecule has 1 aliphatic rings. The second-order valence-corrected chi connectivity index (χ2v) is 6.00. The van der Waals surface area contributed by atoms with Gasteiger partial charge in [0.05, 0.1) is 0 Å². The van der Waals surface area contributed by atoms with E-state index in [-0.39, 0.29) is 0 Å². The molecular formula is C17H28N2O. The fourth-order valence-corrected chi connectivity index (χ4v) is 2.97. The first kappa shape index (κ1) is 15.3. The summed E-state index contributed by atoms with van der Waals surface area (Å²) in [5.41, 5.74) is 8.14. The minimum atomic E-state index is 0.777. The van der Waals surface area contributed by atoms with Gasteiger partial charge in [-0.05, 0) is 69.3 Å². The largest absolute Gasteiger partial charge is 0.492 e. The van der Waals surface area contributed by atoms with E-state index in [1.54, 1.807) is 0 Å². The molecule has 0 bridgehead atoms. The van der Waals surface area contributed by atoms with Crippen LogP contribution in [-0.4, -0.2) is 37.7 Å². The van der Waals surface area contributed by atoms with Gasteiger partial charge in [0.25, 0.3) is 0 Å². The summed E-state index contributed by atoms with van der Waals surface area (Å²) >= 11 is 0. The van der Waals surface area contributed by atoms with Crippen molar-refractivity contribution in [1.82, 2.24) is 4.90 Å². The summed E-state index contributed by atoms with van der Waals surface area (Å²) < 4.78 is 5.95. The molecular weight excluding hydrogens is 248 g/mol. The molecule has 0 radical (unpaired) electrons. The monoisotopic (exact) mass is 276 g/mol. The second-order valence-electron chi connectivity index (χ2n) is 6.00. The predicted octanol–water partition coefficient (Wildman–Crippen LogP) is 2.74. The lowest BCUT2D eigenvalue weighted by molar-refractivity contribution is 0.143. The van der Waals surface area contributed by atoms with Gasteiger partial charge in [0, 0.05) is 13.1 Å². The Bertz CT molecular complexity index is 417. The smallest absolute Gasteiger partial charge is 0.122 e. The number of piperidine rings is 1. The Labute approximate surface area is 123 Å². The lowest BCUT2D eigenvalue weighted by Crippen LogP contribution is -2.38. The van der Waals surface area contributed by atoms with E-state index in [9.17, 15) is 0 Å². The van der Waals surface area contributed by atoms with Crippen LogP contribution < -0.4 is 10.5 Å². The number of ether oxygens (including phenoxy) is 1. The van der Waals surface area contributed by atoms with Gasteiger partial charge in [-0.1, -0.05) is 12.1 Å². The maximum atomic E-state index is 5.95. The van der Waals surface area contributed by atoms with Crippen LogP contribution in [0.25, 0.3) is 0 Å². The van der Waals surface area contributed by atoms with E-state index in [1.165, 1.54) is 37.1 Å². The van der Waals surface area contributed by atoms with Crippen LogP contribution in [0.1, 0.15) is 30.4 Å². The van der Waals surface area contributed by atoms with E-state index >= 15 is 0 Å². The molecule has 112 valence electrons. The number of rotatable bonds is 6. The van der Waals surface area contributed by atoms with Crippen molar-refractivity contribution in [2.75, 3.05) is 32.8 Å². The summed E-state index contributed by atoms with van der Waals surface area (Å²) in [6.07, 6.45) is 3.80. The SMILES string of the molecule is Cc1ccc(C)c(OCCN2CCCC(CCN)C2)c1. The fraction of sp³-hybridized carbons (Fsp3) is 0.647. The van der Waals surface area contributed by atoms with Crippen molar-refractivity contribution >= 4 is 0 Å². The number of hydrogen-bond acceptors (Lipinski definition) is 3. The van der Waals surface area contributed by atoms with Crippen molar-refractivity contribution < 1.29 is 4.74 Å². The molecule has 1 aromatic rings. The molecule has 1 aliphatic heterocycles. The van der Waals surface area contributed by atoms with Gasteiger partial charge in [-0.25, -0.2) is 0 Å². The summed E-state index contributed by atoms with van der Waals surface area (Å²) in [6, 6.07) is 6.38. The Kier molecular flexibility index (Phi) is 5.86. The van der Waals surface area contributed by atoms with Gasteiger partial charge >= 0.3 is 0 Å². The van der Waals surface area contributed by atoms with Gasteiger partial charge in [-0.2, -0.15) is 0 Å². The van der Waals surface area contributed by atoms with E-state index in [1.807, 2.05) is 0 Å². The Morgan fingerprint density at radius 1 is 1.35 bits per heavy atom. The number of hydrogen-bond donors (Lipinski definition) is 1. The van der Waals surface area contributed by atoms with E-state index in [0.717, 1.165) is 37.8 Å². The molecule has 1 unspecified atom stereocenters. The molecule has 2 N–H and O–H groups in total. The maximum Gasteiger partial charge on any atom is 0.122 e. The van der Waals surface area contributed by atoms with E-state index in [0.29, 0.717) is 0 Å². The zero-order valence-electron chi connectivity index (χ0n) is 12.9. The van der Waals surface area contributed by atoms with Crippen LogP contribution in [0.15, 0.2) is 18.2 Å². The molecule has 1 heterocycles. The number of nitrogens with two attached hydrogens (primary N) is 1. The normalized spacial score (nSPS) is 20.1. The van der Waals surface area contributed by atoms with Crippen LogP contribution >= 0.6 is 0 Å². The van der Waals surface area contributed by atoms with Gasteiger partial charge in [0.2, 0.25) is 0 Å². The van der Waals surface area contributed by atoms with Crippen LogP contribution in [0, 0.1) is 19.8 Å². The molecule has 0 spiro atoms. The molecule has 1 fully saturated rings. The summed E-state index contributed by atoms with van der Waals surface area (Å²) in [5, 5.41) is 0. The zero-order chi connectivity index (χ0) is 14.4.